The van der Waals surface area contributed by atoms with Crippen LogP contribution in [-0.2, 0) is 0 Å². The molecule has 0 saturated carbocycles. The molecule has 1 atom stereocenters. The lowest BCUT2D eigenvalue weighted by Crippen LogP contribution is -2.37. The Morgan fingerprint density at radius 2 is 1.90 bits per heavy atom. The molecule has 1 aromatic rings. The Morgan fingerprint density at radius 3 is 2.43 bits per heavy atom. The second-order valence-corrected chi connectivity index (χ2v) is 5.65. The lowest BCUT2D eigenvalue weighted by molar-refractivity contribution is 0.239. The Balaban J connectivity index is 3.00. The standard InChI is InChI=1S/C17H30N2O2/c1-7-10-18-16(12-19(4)13(2)3)15-9-8-14(20-5)11-17(15)21-6/h8-9,11,13,16,18H,7,10,12H2,1-6H3. The van der Waals surface area contributed by atoms with E-state index in [0.29, 0.717) is 6.04 Å². The first-order valence-corrected chi connectivity index (χ1v) is 7.69. The van der Waals surface area contributed by atoms with Crippen molar-refractivity contribution < 1.29 is 9.47 Å². The molecule has 4 heteroatoms. The highest BCUT2D eigenvalue weighted by molar-refractivity contribution is 5.42. The first-order chi connectivity index (χ1) is 10.0. The summed E-state index contributed by atoms with van der Waals surface area (Å²) in [6.07, 6.45) is 1.11. The quantitative estimate of drug-likeness (QED) is 0.759. The molecule has 4 nitrogen and oxygen atoms in total. The molecule has 0 aliphatic rings. The molecule has 21 heavy (non-hydrogen) atoms. The van der Waals surface area contributed by atoms with Gasteiger partial charge in [-0.15, -0.1) is 0 Å². The van der Waals surface area contributed by atoms with Crippen molar-refractivity contribution in [1.29, 1.82) is 0 Å². The lowest BCUT2D eigenvalue weighted by Gasteiger charge is -2.29. The summed E-state index contributed by atoms with van der Waals surface area (Å²) in [4.78, 5) is 2.34. The van der Waals surface area contributed by atoms with Crippen molar-refractivity contribution in [2.45, 2.75) is 39.3 Å². The second kappa shape index (κ2) is 8.90. The zero-order chi connectivity index (χ0) is 15.8. The van der Waals surface area contributed by atoms with Crippen molar-refractivity contribution in [1.82, 2.24) is 10.2 Å². The Morgan fingerprint density at radius 1 is 1.19 bits per heavy atom. The van der Waals surface area contributed by atoms with Crippen LogP contribution in [0.2, 0.25) is 0 Å². The van der Waals surface area contributed by atoms with Crippen molar-refractivity contribution in [2.75, 3.05) is 34.4 Å². The number of hydrogen-bond donors (Lipinski definition) is 1. The molecule has 0 amide bonds. The van der Waals surface area contributed by atoms with E-state index in [9.17, 15) is 0 Å². The van der Waals surface area contributed by atoms with Crippen molar-refractivity contribution in [3.63, 3.8) is 0 Å². The number of rotatable bonds is 9. The summed E-state index contributed by atoms with van der Waals surface area (Å²) in [5.41, 5.74) is 1.18. The highest BCUT2D eigenvalue weighted by Crippen LogP contribution is 2.30. The van der Waals surface area contributed by atoms with Gasteiger partial charge < -0.3 is 19.7 Å². The minimum atomic E-state index is 0.248. The smallest absolute Gasteiger partial charge is 0.127 e. The minimum Gasteiger partial charge on any atom is -0.497 e. The number of benzene rings is 1. The van der Waals surface area contributed by atoms with Gasteiger partial charge in [-0.05, 0) is 39.9 Å². The maximum Gasteiger partial charge on any atom is 0.127 e. The fraction of sp³-hybridized carbons (Fsp3) is 0.647. The van der Waals surface area contributed by atoms with Gasteiger partial charge in [0.1, 0.15) is 11.5 Å². The number of nitrogens with zero attached hydrogens (tertiary/aromatic N) is 1. The van der Waals surface area contributed by atoms with Crippen LogP contribution in [0.5, 0.6) is 11.5 Å². The summed E-state index contributed by atoms with van der Waals surface area (Å²) >= 11 is 0. The van der Waals surface area contributed by atoms with Gasteiger partial charge in [0.2, 0.25) is 0 Å². The van der Waals surface area contributed by atoms with Crippen molar-refractivity contribution >= 4 is 0 Å². The Hall–Kier alpha value is -1.26. The molecule has 1 unspecified atom stereocenters. The molecule has 120 valence electrons. The molecule has 0 aromatic heterocycles. The van der Waals surface area contributed by atoms with E-state index in [0.717, 1.165) is 31.0 Å². The molecule has 0 bridgehead atoms. The monoisotopic (exact) mass is 294 g/mol. The van der Waals surface area contributed by atoms with Gasteiger partial charge in [0.05, 0.1) is 14.2 Å². The number of likely N-dealkylation sites (N-methyl/N-ethyl adjacent to an activating group) is 1. The van der Waals surface area contributed by atoms with Crippen LogP contribution in [0.1, 0.15) is 38.8 Å². The summed E-state index contributed by atoms with van der Waals surface area (Å²) in [6.45, 7) is 8.54. The maximum absolute atomic E-state index is 5.55. The van der Waals surface area contributed by atoms with Crippen molar-refractivity contribution in [3.05, 3.63) is 23.8 Å². The van der Waals surface area contributed by atoms with Crippen molar-refractivity contribution in [3.8, 4) is 11.5 Å². The predicted octanol–water partition coefficient (Wildman–Crippen LogP) is 3.08. The van der Waals surface area contributed by atoms with E-state index >= 15 is 0 Å². The summed E-state index contributed by atoms with van der Waals surface area (Å²) in [6, 6.07) is 6.80. The summed E-state index contributed by atoms with van der Waals surface area (Å²) in [5, 5.41) is 3.62. The van der Waals surface area contributed by atoms with Crippen LogP contribution >= 0.6 is 0 Å². The van der Waals surface area contributed by atoms with E-state index < -0.39 is 0 Å². The van der Waals surface area contributed by atoms with E-state index in [-0.39, 0.29) is 6.04 Å². The summed E-state index contributed by atoms with van der Waals surface area (Å²) < 4.78 is 10.8. The normalized spacial score (nSPS) is 12.8. The highest BCUT2D eigenvalue weighted by atomic mass is 16.5. The fourth-order valence-corrected chi connectivity index (χ4v) is 2.20. The SMILES string of the molecule is CCCNC(CN(C)C(C)C)c1ccc(OC)cc1OC. The molecule has 0 saturated heterocycles. The maximum atomic E-state index is 5.55. The van der Waals surface area contributed by atoms with E-state index in [1.165, 1.54) is 5.56 Å². The number of hydrogen-bond acceptors (Lipinski definition) is 4. The van der Waals surface area contributed by atoms with Gasteiger partial charge in [-0.1, -0.05) is 13.0 Å². The first-order valence-electron chi connectivity index (χ1n) is 7.69. The molecule has 1 rings (SSSR count). The van der Waals surface area contributed by atoms with Crippen LogP contribution in [0.25, 0.3) is 0 Å². The Bertz CT molecular complexity index is 421. The van der Waals surface area contributed by atoms with Gasteiger partial charge in [0.25, 0.3) is 0 Å². The average molecular weight is 294 g/mol. The molecule has 0 heterocycles. The van der Waals surface area contributed by atoms with Crippen LogP contribution in [-0.4, -0.2) is 45.3 Å². The summed E-state index contributed by atoms with van der Waals surface area (Å²) in [7, 11) is 5.54. The number of ether oxygens (including phenoxy) is 2. The molecule has 1 aromatic carbocycles. The zero-order valence-electron chi connectivity index (χ0n) is 14.3. The summed E-state index contributed by atoms with van der Waals surface area (Å²) in [5.74, 6) is 1.70. The second-order valence-electron chi connectivity index (χ2n) is 5.65. The van der Waals surface area contributed by atoms with Gasteiger partial charge in [0, 0.05) is 30.3 Å². The molecule has 0 aliphatic heterocycles. The molecule has 0 spiro atoms. The highest BCUT2D eigenvalue weighted by Gasteiger charge is 2.19. The largest absolute Gasteiger partial charge is 0.497 e. The zero-order valence-corrected chi connectivity index (χ0v) is 14.3. The van der Waals surface area contributed by atoms with Gasteiger partial charge in [-0.2, -0.15) is 0 Å². The third-order valence-corrected chi connectivity index (χ3v) is 3.81. The van der Waals surface area contributed by atoms with E-state index in [4.69, 9.17) is 9.47 Å². The molecule has 0 aliphatic carbocycles. The molecular weight excluding hydrogens is 264 g/mol. The first kappa shape index (κ1) is 17.8. The topological polar surface area (TPSA) is 33.7 Å². The van der Waals surface area contributed by atoms with E-state index in [2.05, 4.69) is 44.1 Å². The lowest BCUT2D eigenvalue weighted by atomic mass is 10.0. The van der Waals surface area contributed by atoms with E-state index in [1.54, 1.807) is 14.2 Å². The Labute approximate surface area is 129 Å². The Kier molecular flexibility index (Phi) is 7.54. The predicted molar refractivity (Wildman–Crippen MR) is 88.3 cm³/mol. The number of methoxy groups -OCH3 is 2. The fourth-order valence-electron chi connectivity index (χ4n) is 2.20. The minimum absolute atomic E-state index is 0.248. The average Bonchev–Trinajstić information content (AvgIpc) is 2.50. The van der Waals surface area contributed by atoms with E-state index in [1.807, 2.05) is 12.1 Å². The van der Waals surface area contributed by atoms with Crippen LogP contribution in [0.3, 0.4) is 0 Å². The van der Waals surface area contributed by atoms with Gasteiger partial charge in [0.15, 0.2) is 0 Å². The number of nitrogens with one attached hydrogen (secondary N) is 1. The third kappa shape index (κ3) is 5.21. The molecule has 0 fully saturated rings. The molecule has 1 N–H and O–H groups in total. The molecular formula is C17H30N2O2. The van der Waals surface area contributed by atoms with Crippen LogP contribution < -0.4 is 14.8 Å². The van der Waals surface area contributed by atoms with Gasteiger partial charge in [-0.3, -0.25) is 0 Å². The van der Waals surface area contributed by atoms with Crippen LogP contribution in [0.15, 0.2) is 18.2 Å². The van der Waals surface area contributed by atoms with Crippen molar-refractivity contribution in [2.24, 2.45) is 0 Å². The third-order valence-electron chi connectivity index (χ3n) is 3.81. The van der Waals surface area contributed by atoms with Gasteiger partial charge in [-0.25, -0.2) is 0 Å². The molecule has 0 radical (unpaired) electrons. The van der Waals surface area contributed by atoms with Crippen LogP contribution in [0.4, 0.5) is 0 Å². The van der Waals surface area contributed by atoms with Gasteiger partial charge >= 0.3 is 0 Å². The van der Waals surface area contributed by atoms with Crippen LogP contribution in [0, 0.1) is 0 Å².